The van der Waals surface area contributed by atoms with Crippen molar-refractivity contribution in [2.24, 2.45) is 0 Å². The van der Waals surface area contributed by atoms with E-state index in [1.54, 1.807) is 6.92 Å². The number of rotatable bonds is 3. The maximum Gasteiger partial charge on any atom is 0.331 e. The zero-order valence-electron chi connectivity index (χ0n) is 5.07. The minimum atomic E-state index is -3.50. The Kier molecular flexibility index (Phi) is 3.01. The zero-order valence-corrected chi connectivity index (χ0v) is 5.89. The Labute approximate surface area is 54.8 Å². The Balaban J connectivity index is 4.05. The summed E-state index contributed by atoms with van der Waals surface area (Å²) in [6.45, 7) is 4.69. The van der Waals surface area contributed by atoms with Crippen LogP contribution in [0.25, 0.3) is 0 Å². The lowest BCUT2D eigenvalue weighted by Crippen LogP contribution is -1.93. The summed E-state index contributed by atoms with van der Waals surface area (Å²) in [6.07, 6.45) is 2.55. The molecule has 0 aliphatic heterocycles. The molecule has 0 amide bonds. The van der Waals surface area contributed by atoms with Crippen molar-refractivity contribution in [2.45, 2.75) is 6.92 Å². The molecule has 0 bridgehead atoms. The molecule has 0 aliphatic carbocycles. The van der Waals surface area contributed by atoms with Crippen LogP contribution in [-0.2, 0) is 14.3 Å². The van der Waals surface area contributed by atoms with Crippen LogP contribution >= 0.6 is 0 Å². The standard InChI is InChI=1S/C5H8O3S/c1-3-5-8-9(6,7)4-2/h3-5H,2H2,1H3/b5-3-. The first-order chi connectivity index (χ1) is 4.12. The average molecular weight is 148 g/mol. The van der Waals surface area contributed by atoms with Gasteiger partial charge >= 0.3 is 10.1 Å². The van der Waals surface area contributed by atoms with Crippen molar-refractivity contribution in [2.75, 3.05) is 0 Å². The van der Waals surface area contributed by atoms with E-state index in [2.05, 4.69) is 10.8 Å². The number of hydrogen-bond acceptors (Lipinski definition) is 3. The van der Waals surface area contributed by atoms with Crippen molar-refractivity contribution in [1.29, 1.82) is 0 Å². The van der Waals surface area contributed by atoms with E-state index < -0.39 is 10.1 Å². The van der Waals surface area contributed by atoms with E-state index in [1.807, 2.05) is 0 Å². The van der Waals surface area contributed by atoms with E-state index in [-0.39, 0.29) is 0 Å². The van der Waals surface area contributed by atoms with Gasteiger partial charge in [-0.2, -0.15) is 8.42 Å². The van der Waals surface area contributed by atoms with Gasteiger partial charge in [0, 0.05) is 0 Å². The van der Waals surface area contributed by atoms with Crippen LogP contribution in [-0.4, -0.2) is 8.42 Å². The molecule has 3 nitrogen and oxygen atoms in total. The maximum absolute atomic E-state index is 10.4. The van der Waals surface area contributed by atoms with Gasteiger partial charge in [0.05, 0.1) is 5.41 Å². The molecule has 0 heterocycles. The van der Waals surface area contributed by atoms with Gasteiger partial charge in [0.25, 0.3) is 0 Å². The third kappa shape index (κ3) is 3.78. The van der Waals surface area contributed by atoms with Crippen LogP contribution in [0.1, 0.15) is 6.92 Å². The van der Waals surface area contributed by atoms with Gasteiger partial charge < -0.3 is 4.18 Å². The van der Waals surface area contributed by atoms with E-state index in [0.29, 0.717) is 0 Å². The Morgan fingerprint density at radius 1 is 1.56 bits per heavy atom. The number of hydrogen-bond donors (Lipinski definition) is 0. The summed E-state index contributed by atoms with van der Waals surface area (Å²) in [5.74, 6) is 0. The van der Waals surface area contributed by atoms with Crippen LogP contribution in [0.15, 0.2) is 24.3 Å². The summed E-state index contributed by atoms with van der Waals surface area (Å²) in [5.41, 5.74) is 0. The van der Waals surface area contributed by atoms with Gasteiger partial charge in [0.2, 0.25) is 0 Å². The molecule has 0 unspecified atom stereocenters. The average Bonchev–Trinajstić information content (AvgIpc) is 1.84. The van der Waals surface area contributed by atoms with Gasteiger partial charge in [-0.1, -0.05) is 12.7 Å². The highest BCUT2D eigenvalue weighted by Crippen LogP contribution is 1.92. The molecule has 0 aliphatic rings. The lowest BCUT2D eigenvalue weighted by molar-refractivity contribution is 0.453. The fourth-order valence-electron chi connectivity index (χ4n) is 0.172. The smallest absolute Gasteiger partial charge is 0.331 e. The van der Waals surface area contributed by atoms with Crippen molar-refractivity contribution in [1.82, 2.24) is 0 Å². The minimum absolute atomic E-state index is 0.743. The second-order valence-electron chi connectivity index (χ2n) is 1.23. The topological polar surface area (TPSA) is 43.4 Å². The Morgan fingerprint density at radius 3 is 2.44 bits per heavy atom. The summed E-state index contributed by atoms with van der Waals surface area (Å²) in [4.78, 5) is 0. The third-order valence-corrected chi connectivity index (χ3v) is 1.32. The highest BCUT2D eigenvalue weighted by molar-refractivity contribution is 7.89. The molecule has 0 spiro atoms. The maximum atomic E-state index is 10.4. The Bertz CT molecular complexity index is 200. The second kappa shape index (κ2) is 3.29. The van der Waals surface area contributed by atoms with Crippen LogP contribution < -0.4 is 0 Å². The highest BCUT2D eigenvalue weighted by atomic mass is 32.2. The highest BCUT2D eigenvalue weighted by Gasteiger charge is 1.98. The van der Waals surface area contributed by atoms with Crippen LogP contribution in [0.2, 0.25) is 0 Å². The van der Waals surface area contributed by atoms with Gasteiger partial charge in [0.15, 0.2) is 0 Å². The molecule has 0 aromatic carbocycles. The van der Waals surface area contributed by atoms with Gasteiger partial charge in [-0.05, 0) is 6.92 Å². The molecule has 0 N–H and O–H groups in total. The van der Waals surface area contributed by atoms with Crippen LogP contribution in [0.5, 0.6) is 0 Å². The lowest BCUT2D eigenvalue weighted by atomic mass is 10.8. The Hall–Kier alpha value is -0.770. The Morgan fingerprint density at radius 2 is 2.11 bits per heavy atom. The molecule has 0 saturated carbocycles. The zero-order chi connectivity index (χ0) is 7.33. The molecule has 0 atom stereocenters. The summed E-state index contributed by atoms with van der Waals surface area (Å²) >= 11 is 0. The summed E-state index contributed by atoms with van der Waals surface area (Å²) in [5, 5.41) is 0.743. The summed E-state index contributed by atoms with van der Waals surface area (Å²) < 4.78 is 24.9. The van der Waals surface area contributed by atoms with E-state index >= 15 is 0 Å². The van der Waals surface area contributed by atoms with E-state index in [9.17, 15) is 8.42 Å². The van der Waals surface area contributed by atoms with Crippen molar-refractivity contribution in [3.8, 4) is 0 Å². The van der Waals surface area contributed by atoms with Crippen molar-refractivity contribution >= 4 is 10.1 Å². The molecule has 52 valence electrons. The van der Waals surface area contributed by atoms with Crippen molar-refractivity contribution in [3.05, 3.63) is 24.3 Å². The third-order valence-electron chi connectivity index (χ3n) is 0.530. The second-order valence-corrected chi connectivity index (χ2v) is 2.74. The van der Waals surface area contributed by atoms with Gasteiger partial charge in [-0.3, -0.25) is 0 Å². The van der Waals surface area contributed by atoms with E-state index in [1.165, 1.54) is 6.08 Å². The first-order valence-corrected chi connectivity index (χ1v) is 3.76. The van der Waals surface area contributed by atoms with Gasteiger partial charge in [0.1, 0.15) is 6.26 Å². The normalized spacial score (nSPS) is 11.7. The van der Waals surface area contributed by atoms with E-state index in [4.69, 9.17) is 0 Å². The number of allylic oxidation sites excluding steroid dienone is 1. The fourth-order valence-corrected chi connectivity index (χ4v) is 0.517. The molecule has 0 rings (SSSR count). The minimum Gasteiger partial charge on any atom is -0.388 e. The largest absolute Gasteiger partial charge is 0.388 e. The predicted molar refractivity (Wildman–Crippen MR) is 35.0 cm³/mol. The quantitative estimate of drug-likeness (QED) is 0.443. The SMILES string of the molecule is C=CS(=O)(=O)O/C=C\C. The molecule has 0 fully saturated rings. The van der Waals surface area contributed by atoms with Crippen molar-refractivity contribution in [3.63, 3.8) is 0 Å². The molecule has 0 saturated heterocycles. The molecule has 0 aromatic rings. The van der Waals surface area contributed by atoms with Gasteiger partial charge in [-0.25, -0.2) is 0 Å². The van der Waals surface area contributed by atoms with E-state index in [0.717, 1.165) is 11.7 Å². The monoisotopic (exact) mass is 148 g/mol. The lowest BCUT2D eigenvalue weighted by Gasteiger charge is -1.92. The first-order valence-electron chi connectivity index (χ1n) is 2.29. The molecule has 4 heteroatoms. The van der Waals surface area contributed by atoms with Crippen LogP contribution in [0.4, 0.5) is 0 Å². The molecule has 0 aromatic heterocycles. The predicted octanol–water partition coefficient (Wildman–Crippen LogP) is 1.01. The van der Waals surface area contributed by atoms with Crippen LogP contribution in [0, 0.1) is 0 Å². The molecular weight excluding hydrogens is 140 g/mol. The summed E-state index contributed by atoms with van der Waals surface area (Å²) in [6, 6.07) is 0. The van der Waals surface area contributed by atoms with Crippen molar-refractivity contribution < 1.29 is 12.6 Å². The van der Waals surface area contributed by atoms with Gasteiger partial charge in [-0.15, -0.1) is 0 Å². The summed E-state index contributed by atoms with van der Waals surface area (Å²) in [7, 11) is -3.50. The fraction of sp³-hybridized carbons (Fsp3) is 0.200. The molecule has 0 radical (unpaired) electrons. The molecule has 9 heavy (non-hydrogen) atoms. The molecular formula is C5H8O3S. The van der Waals surface area contributed by atoms with Crippen LogP contribution in [0.3, 0.4) is 0 Å². The first kappa shape index (κ1) is 8.23.